The number of hydrogen-bond acceptors (Lipinski definition) is 5. The van der Waals surface area contributed by atoms with E-state index in [0.717, 1.165) is 44.1 Å². The van der Waals surface area contributed by atoms with Crippen molar-refractivity contribution in [3.63, 3.8) is 0 Å². The molecule has 0 radical (unpaired) electrons. The molecule has 26 heavy (non-hydrogen) atoms. The van der Waals surface area contributed by atoms with E-state index in [9.17, 15) is 8.42 Å². The minimum absolute atomic E-state index is 0.287. The van der Waals surface area contributed by atoms with Gasteiger partial charge in [-0.25, -0.2) is 8.42 Å². The Labute approximate surface area is 154 Å². The molecule has 140 valence electrons. The van der Waals surface area contributed by atoms with Crippen LogP contribution < -0.4 is 4.72 Å². The smallest absolute Gasteiger partial charge is 0.241 e. The van der Waals surface area contributed by atoms with Crippen LogP contribution in [0.4, 0.5) is 0 Å². The zero-order chi connectivity index (χ0) is 18.2. The number of rotatable bonds is 7. The first kappa shape index (κ1) is 17.7. The second-order valence-electron chi connectivity index (χ2n) is 7.52. The van der Waals surface area contributed by atoms with E-state index in [1.54, 1.807) is 12.1 Å². The highest BCUT2D eigenvalue weighted by atomic mass is 32.2. The number of nitrogens with zero attached hydrogens (tertiary/aromatic N) is 2. The van der Waals surface area contributed by atoms with E-state index >= 15 is 0 Å². The standard InChI is InChI=1S/C19H25N3O3S/c1-2-5-14-6-10-16(11-7-14)26(23,24)22-19(12-3-4-13-19)18-20-17(25-21-18)15-8-9-15/h6-7,10-11,15,22H,2-5,8-9,12-13H2,1H3. The molecule has 2 saturated carbocycles. The van der Waals surface area contributed by atoms with Gasteiger partial charge < -0.3 is 4.52 Å². The third-order valence-electron chi connectivity index (χ3n) is 5.36. The summed E-state index contributed by atoms with van der Waals surface area (Å²) in [6.07, 6.45) is 7.43. The van der Waals surface area contributed by atoms with Crippen LogP contribution in [0, 0.1) is 0 Å². The SMILES string of the molecule is CCCc1ccc(S(=O)(=O)NC2(c3noc(C4CC4)n3)CCCC2)cc1. The third-order valence-corrected chi connectivity index (χ3v) is 6.91. The first-order valence-corrected chi connectivity index (χ1v) is 11.0. The van der Waals surface area contributed by atoms with Gasteiger partial charge in [0.1, 0.15) is 0 Å². The van der Waals surface area contributed by atoms with Gasteiger partial charge in [-0.1, -0.05) is 43.5 Å². The van der Waals surface area contributed by atoms with Gasteiger partial charge in [0, 0.05) is 5.92 Å². The molecule has 2 fully saturated rings. The average Bonchev–Trinajstić information content (AvgIpc) is 3.16. The number of aromatic nitrogens is 2. The molecule has 1 aromatic heterocycles. The van der Waals surface area contributed by atoms with Gasteiger partial charge in [-0.15, -0.1) is 0 Å². The first-order valence-electron chi connectivity index (χ1n) is 9.49. The minimum Gasteiger partial charge on any atom is -0.339 e. The Balaban J connectivity index is 1.60. The Morgan fingerprint density at radius 2 is 1.88 bits per heavy atom. The average molecular weight is 375 g/mol. The van der Waals surface area contributed by atoms with Gasteiger partial charge in [-0.3, -0.25) is 0 Å². The van der Waals surface area contributed by atoms with Crippen LogP contribution in [0.25, 0.3) is 0 Å². The summed E-state index contributed by atoms with van der Waals surface area (Å²) in [7, 11) is -3.65. The molecule has 7 heteroatoms. The van der Waals surface area contributed by atoms with E-state index in [-0.39, 0.29) is 4.90 Å². The lowest BCUT2D eigenvalue weighted by Gasteiger charge is -2.26. The fourth-order valence-electron chi connectivity index (χ4n) is 3.72. The molecule has 0 amide bonds. The van der Waals surface area contributed by atoms with Crippen molar-refractivity contribution >= 4 is 10.0 Å². The van der Waals surface area contributed by atoms with Gasteiger partial charge in [-0.05, 0) is 49.8 Å². The van der Waals surface area contributed by atoms with Gasteiger partial charge in [0.25, 0.3) is 0 Å². The van der Waals surface area contributed by atoms with Crippen LogP contribution in [0.5, 0.6) is 0 Å². The lowest BCUT2D eigenvalue weighted by Crippen LogP contribution is -2.44. The van der Waals surface area contributed by atoms with Crippen LogP contribution in [0.2, 0.25) is 0 Å². The maximum atomic E-state index is 13.0. The molecule has 0 aliphatic heterocycles. The number of benzene rings is 1. The summed E-state index contributed by atoms with van der Waals surface area (Å²) in [5.74, 6) is 1.50. The summed E-state index contributed by atoms with van der Waals surface area (Å²) in [5, 5.41) is 4.13. The van der Waals surface area contributed by atoms with Crippen molar-refractivity contribution in [2.75, 3.05) is 0 Å². The summed E-state index contributed by atoms with van der Waals surface area (Å²) >= 11 is 0. The van der Waals surface area contributed by atoms with Crippen molar-refractivity contribution in [2.45, 2.75) is 74.6 Å². The van der Waals surface area contributed by atoms with E-state index in [0.29, 0.717) is 30.5 Å². The fourth-order valence-corrected chi connectivity index (χ4v) is 5.14. The van der Waals surface area contributed by atoms with E-state index in [1.165, 1.54) is 0 Å². The molecule has 1 N–H and O–H groups in total. The molecule has 0 saturated heterocycles. The Kier molecular flexibility index (Phi) is 4.61. The predicted molar refractivity (Wildman–Crippen MR) is 97.2 cm³/mol. The van der Waals surface area contributed by atoms with Crippen molar-refractivity contribution in [3.05, 3.63) is 41.5 Å². The largest absolute Gasteiger partial charge is 0.339 e. The lowest BCUT2D eigenvalue weighted by molar-refractivity contribution is 0.333. The molecule has 0 bridgehead atoms. The summed E-state index contributed by atoms with van der Waals surface area (Å²) in [4.78, 5) is 4.82. The molecule has 1 heterocycles. The van der Waals surface area contributed by atoms with Crippen LogP contribution in [-0.4, -0.2) is 18.6 Å². The topological polar surface area (TPSA) is 85.1 Å². The highest BCUT2D eigenvalue weighted by Crippen LogP contribution is 2.42. The van der Waals surface area contributed by atoms with Gasteiger partial charge in [0.15, 0.2) is 5.82 Å². The first-order chi connectivity index (χ1) is 12.5. The predicted octanol–water partition coefficient (Wildman–Crippen LogP) is 3.65. The lowest BCUT2D eigenvalue weighted by atomic mass is 9.98. The summed E-state index contributed by atoms with van der Waals surface area (Å²) < 4.78 is 34.3. The van der Waals surface area contributed by atoms with Crippen molar-refractivity contribution in [3.8, 4) is 0 Å². The number of nitrogens with one attached hydrogen (secondary N) is 1. The third kappa shape index (κ3) is 3.42. The second-order valence-corrected chi connectivity index (χ2v) is 9.20. The summed E-state index contributed by atoms with van der Waals surface area (Å²) in [6.45, 7) is 2.11. The van der Waals surface area contributed by atoms with Crippen LogP contribution in [0.15, 0.2) is 33.7 Å². The van der Waals surface area contributed by atoms with Crippen molar-refractivity contribution in [2.24, 2.45) is 0 Å². The van der Waals surface area contributed by atoms with Crippen molar-refractivity contribution < 1.29 is 12.9 Å². The highest BCUT2D eigenvalue weighted by molar-refractivity contribution is 7.89. The molecule has 2 aromatic rings. The molecule has 2 aliphatic carbocycles. The maximum absolute atomic E-state index is 13.0. The molecule has 1 aromatic carbocycles. The number of aryl methyl sites for hydroxylation is 1. The van der Waals surface area contributed by atoms with Gasteiger partial charge in [0.2, 0.25) is 15.9 Å². The molecule has 0 unspecified atom stereocenters. The molecular formula is C19H25N3O3S. The van der Waals surface area contributed by atoms with Gasteiger partial charge >= 0.3 is 0 Å². The zero-order valence-electron chi connectivity index (χ0n) is 15.1. The van der Waals surface area contributed by atoms with E-state index in [1.807, 2.05) is 12.1 Å². The highest BCUT2D eigenvalue weighted by Gasteiger charge is 2.44. The van der Waals surface area contributed by atoms with E-state index in [2.05, 4.69) is 21.8 Å². The molecule has 0 atom stereocenters. The van der Waals surface area contributed by atoms with Crippen molar-refractivity contribution in [1.82, 2.24) is 14.9 Å². The Hall–Kier alpha value is -1.73. The van der Waals surface area contributed by atoms with Crippen LogP contribution in [0.3, 0.4) is 0 Å². The van der Waals surface area contributed by atoms with E-state index < -0.39 is 15.6 Å². The quantitative estimate of drug-likeness (QED) is 0.798. The summed E-state index contributed by atoms with van der Waals surface area (Å²) in [6, 6.07) is 7.14. The van der Waals surface area contributed by atoms with Crippen LogP contribution in [-0.2, 0) is 22.0 Å². The number of hydrogen-bond donors (Lipinski definition) is 1. The molecular weight excluding hydrogens is 350 g/mol. The number of sulfonamides is 1. The molecule has 6 nitrogen and oxygen atoms in total. The minimum atomic E-state index is -3.65. The van der Waals surface area contributed by atoms with Crippen molar-refractivity contribution in [1.29, 1.82) is 0 Å². The normalized spacial score (nSPS) is 19.7. The molecule has 4 rings (SSSR count). The Morgan fingerprint density at radius 1 is 1.19 bits per heavy atom. The fraction of sp³-hybridized carbons (Fsp3) is 0.579. The Bertz CT molecular complexity index is 864. The van der Waals surface area contributed by atoms with E-state index in [4.69, 9.17) is 4.52 Å². The van der Waals surface area contributed by atoms with Gasteiger partial charge in [0.05, 0.1) is 10.4 Å². The van der Waals surface area contributed by atoms with Gasteiger partial charge in [-0.2, -0.15) is 9.71 Å². The van der Waals surface area contributed by atoms with Crippen LogP contribution in [0.1, 0.15) is 75.1 Å². The summed E-state index contributed by atoms with van der Waals surface area (Å²) in [5.41, 5.74) is 0.395. The van der Waals surface area contributed by atoms with Crippen LogP contribution >= 0.6 is 0 Å². The zero-order valence-corrected chi connectivity index (χ0v) is 15.9. The second kappa shape index (κ2) is 6.78. The maximum Gasteiger partial charge on any atom is 0.241 e. The molecule has 0 spiro atoms. The molecule has 2 aliphatic rings. The monoisotopic (exact) mass is 375 g/mol. The Morgan fingerprint density at radius 3 is 2.50 bits per heavy atom.